The van der Waals surface area contributed by atoms with Crippen molar-refractivity contribution in [3.05, 3.63) is 0 Å². The first-order valence-corrected chi connectivity index (χ1v) is 12.3. The van der Waals surface area contributed by atoms with Crippen molar-refractivity contribution >= 4 is 5.97 Å². The zero-order valence-corrected chi connectivity index (χ0v) is 20.0. The molecule has 0 aromatic carbocycles. The Bertz CT molecular complexity index is 430. The number of nitrogens with zero attached hydrogens (tertiary/aromatic N) is 1. The molecule has 0 aromatic heterocycles. The van der Waals surface area contributed by atoms with E-state index in [0.29, 0.717) is 12.6 Å². The summed E-state index contributed by atoms with van der Waals surface area (Å²) in [4.78, 5) is 8.89. The number of carbonyl (C=O) groups is 1. The van der Waals surface area contributed by atoms with Crippen molar-refractivity contribution in [1.82, 2.24) is 0 Å². The Morgan fingerprint density at radius 2 is 1.47 bits per heavy atom. The predicted molar refractivity (Wildman–Crippen MR) is 120 cm³/mol. The summed E-state index contributed by atoms with van der Waals surface area (Å²) >= 11 is 0. The molecule has 1 rings (SSSR count). The van der Waals surface area contributed by atoms with Crippen LogP contribution in [0, 0.1) is 0 Å². The van der Waals surface area contributed by atoms with Crippen molar-refractivity contribution in [3.63, 3.8) is 0 Å². The van der Waals surface area contributed by atoms with Gasteiger partial charge < -0.3 is 29.7 Å². The Balaban J connectivity index is 0.00000192. The molecule has 1 saturated heterocycles. The van der Waals surface area contributed by atoms with Crippen LogP contribution in [0.5, 0.6) is 0 Å². The summed E-state index contributed by atoms with van der Waals surface area (Å²) in [6.07, 6.45) is 13.2. The molecule has 1 aliphatic rings. The van der Waals surface area contributed by atoms with Gasteiger partial charge in [0.25, 0.3) is 0 Å². The van der Waals surface area contributed by atoms with Crippen LogP contribution >= 0.6 is 0 Å². The minimum atomic E-state index is -1.08. The summed E-state index contributed by atoms with van der Waals surface area (Å²) in [6, 6.07) is 0.225. The van der Waals surface area contributed by atoms with Crippen molar-refractivity contribution in [2.75, 3.05) is 19.7 Å². The third kappa shape index (κ3) is 10.1. The normalized spacial score (nSPS) is 26.8. The van der Waals surface area contributed by atoms with Gasteiger partial charge in [0.05, 0.1) is 19.2 Å². The van der Waals surface area contributed by atoms with Crippen LogP contribution in [0.3, 0.4) is 0 Å². The molecule has 180 valence electrons. The van der Waals surface area contributed by atoms with Gasteiger partial charge >= 0.3 is 0 Å². The van der Waals surface area contributed by atoms with Gasteiger partial charge in [0.15, 0.2) is 0 Å². The molecule has 0 radical (unpaired) electrons. The van der Waals surface area contributed by atoms with Gasteiger partial charge in [-0.05, 0) is 39.0 Å². The van der Waals surface area contributed by atoms with E-state index in [-0.39, 0.29) is 12.6 Å². The second kappa shape index (κ2) is 16.9. The highest BCUT2D eigenvalue weighted by atomic mass is 16.4. The summed E-state index contributed by atoms with van der Waals surface area (Å²) in [6.45, 7) is 9.23. The van der Waals surface area contributed by atoms with Crippen LogP contribution in [-0.2, 0) is 4.79 Å². The molecule has 0 aromatic rings. The molecule has 6 heteroatoms. The van der Waals surface area contributed by atoms with E-state index in [1.165, 1.54) is 51.4 Å². The quantitative estimate of drug-likeness (QED) is 0.273. The van der Waals surface area contributed by atoms with Crippen molar-refractivity contribution in [1.29, 1.82) is 0 Å². The fourth-order valence-corrected chi connectivity index (χ4v) is 5.08. The zero-order valence-electron chi connectivity index (χ0n) is 20.0. The Morgan fingerprint density at radius 3 is 1.97 bits per heavy atom. The highest BCUT2D eigenvalue weighted by molar-refractivity contribution is 5.60. The zero-order chi connectivity index (χ0) is 23.0. The molecule has 0 spiro atoms. The number of aliphatic hydroxyl groups is 3. The summed E-state index contributed by atoms with van der Waals surface area (Å²) < 4.78 is 0.738. The van der Waals surface area contributed by atoms with Crippen molar-refractivity contribution < 1.29 is 29.7 Å². The summed E-state index contributed by atoms with van der Waals surface area (Å²) in [7, 11) is 0. The average molecular weight is 432 g/mol. The van der Waals surface area contributed by atoms with E-state index in [0.717, 1.165) is 43.6 Å². The van der Waals surface area contributed by atoms with Gasteiger partial charge in [-0.15, -0.1) is 0 Å². The first-order chi connectivity index (χ1) is 14.3. The van der Waals surface area contributed by atoms with Crippen LogP contribution in [0.25, 0.3) is 0 Å². The number of carboxylic acids is 1. The topological polar surface area (TPSA) is 101 Å². The lowest BCUT2D eigenvalue weighted by molar-refractivity contribution is -0.965. The SMILES string of the molecule is CC(=O)[O-].CCCCCCCCC[N+]1([C@@H](CCC)CCCC)C[C@@H](O)[C@H](O)[C@@H]1CO. The first-order valence-electron chi connectivity index (χ1n) is 12.3. The smallest absolute Gasteiger partial charge is 0.142 e. The molecule has 0 saturated carbocycles. The number of hydrogen-bond donors (Lipinski definition) is 3. The molecule has 0 amide bonds. The van der Waals surface area contributed by atoms with E-state index < -0.39 is 18.2 Å². The Morgan fingerprint density at radius 1 is 0.933 bits per heavy atom. The van der Waals surface area contributed by atoms with Crippen molar-refractivity contribution in [3.8, 4) is 0 Å². The summed E-state index contributed by atoms with van der Waals surface area (Å²) in [5.41, 5.74) is 0. The first kappa shape index (κ1) is 29.3. The second-order valence-electron chi connectivity index (χ2n) is 9.01. The Kier molecular flexibility index (Phi) is 16.5. The standard InChI is InChI=1S/C22H46NO3.C2H4O2/c1-4-7-9-10-11-12-13-16-23(19(14-6-3)15-8-5-2)17-21(25)22(26)20(23)18-24;1-2(3)4/h19-22,24-26H,4-18H2,1-3H3;1H3,(H,3,4)/q+1;/p-1/t19-,20-,21+,22+,23?;/m0./s1. The fraction of sp³-hybridized carbons (Fsp3) is 0.958. The average Bonchev–Trinajstić information content (AvgIpc) is 2.94. The second-order valence-corrected chi connectivity index (χ2v) is 9.01. The van der Waals surface area contributed by atoms with Gasteiger partial charge in [0.2, 0.25) is 0 Å². The van der Waals surface area contributed by atoms with Crippen LogP contribution in [-0.4, -0.2) is 69.8 Å². The molecule has 3 N–H and O–H groups in total. The molecular weight excluding hydrogens is 382 g/mol. The van der Waals surface area contributed by atoms with Gasteiger partial charge in [0.1, 0.15) is 24.8 Å². The van der Waals surface area contributed by atoms with E-state index >= 15 is 0 Å². The molecule has 1 unspecified atom stereocenters. The molecular formula is C24H49NO5. The van der Waals surface area contributed by atoms with Crippen LogP contribution in [0.15, 0.2) is 0 Å². The maximum Gasteiger partial charge on any atom is 0.142 e. The Labute approximate surface area is 184 Å². The van der Waals surface area contributed by atoms with Gasteiger partial charge in [-0.2, -0.15) is 0 Å². The van der Waals surface area contributed by atoms with E-state index in [1.807, 2.05) is 0 Å². The molecule has 30 heavy (non-hydrogen) atoms. The third-order valence-electron chi connectivity index (χ3n) is 6.58. The number of aliphatic carboxylic acids is 1. The van der Waals surface area contributed by atoms with Gasteiger partial charge in [-0.1, -0.05) is 65.7 Å². The molecule has 1 aliphatic heterocycles. The molecule has 1 fully saturated rings. The number of unbranched alkanes of at least 4 members (excludes halogenated alkanes) is 7. The lowest BCUT2D eigenvalue weighted by atomic mass is 9.97. The highest BCUT2D eigenvalue weighted by Crippen LogP contribution is 2.36. The lowest BCUT2D eigenvalue weighted by Crippen LogP contribution is -2.62. The number of aliphatic hydroxyl groups excluding tert-OH is 3. The van der Waals surface area contributed by atoms with E-state index in [2.05, 4.69) is 20.8 Å². The number of quaternary nitrogens is 1. The Hall–Kier alpha value is -0.690. The van der Waals surface area contributed by atoms with E-state index in [1.54, 1.807) is 0 Å². The highest BCUT2D eigenvalue weighted by Gasteiger charge is 2.55. The van der Waals surface area contributed by atoms with Crippen LogP contribution < -0.4 is 5.11 Å². The van der Waals surface area contributed by atoms with Crippen molar-refractivity contribution in [2.24, 2.45) is 0 Å². The summed E-state index contributed by atoms with van der Waals surface area (Å²) in [5.74, 6) is -1.08. The number of likely N-dealkylation sites (tertiary alicyclic amines) is 1. The molecule has 0 bridgehead atoms. The number of rotatable bonds is 15. The van der Waals surface area contributed by atoms with Gasteiger partial charge in [0, 0.05) is 5.97 Å². The van der Waals surface area contributed by atoms with E-state index in [9.17, 15) is 15.3 Å². The maximum absolute atomic E-state index is 10.5. The number of hydrogen-bond acceptors (Lipinski definition) is 5. The third-order valence-corrected chi connectivity index (χ3v) is 6.58. The maximum atomic E-state index is 10.5. The minimum Gasteiger partial charge on any atom is -0.550 e. The molecule has 5 atom stereocenters. The lowest BCUT2D eigenvalue weighted by Gasteiger charge is -2.46. The summed E-state index contributed by atoms with van der Waals surface area (Å²) in [5, 5.41) is 39.8. The minimum absolute atomic E-state index is 0.0267. The van der Waals surface area contributed by atoms with Gasteiger partial charge in [-0.3, -0.25) is 0 Å². The molecule has 6 nitrogen and oxygen atoms in total. The monoisotopic (exact) mass is 431 g/mol. The number of carboxylic acid groups (broad SMARTS) is 1. The molecule has 1 heterocycles. The predicted octanol–water partition coefficient (Wildman–Crippen LogP) is 2.77. The largest absolute Gasteiger partial charge is 0.550 e. The van der Waals surface area contributed by atoms with Crippen molar-refractivity contribution in [2.45, 2.75) is 129 Å². The van der Waals surface area contributed by atoms with E-state index in [4.69, 9.17) is 9.90 Å². The number of carbonyl (C=O) groups excluding carboxylic acids is 1. The fourth-order valence-electron chi connectivity index (χ4n) is 5.08. The van der Waals surface area contributed by atoms with Crippen LogP contribution in [0.1, 0.15) is 105 Å². The van der Waals surface area contributed by atoms with Crippen LogP contribution in [0.2, 0.25) is 0 Å². The van der Waals surface area contributed by atoms with Crippen LogP contribution in [0.4, 0.5) is 0 Å². The molecule has 0 aliphatic carbocycles. The van der Waals surface area contributed by atoms with Gasteiger partial charge in [-0.25, -0.2) is 0 Å².